The Morgan fingerprint density at radius 2 is 1.47 bits per heavy atom. The van der Waals surface area contributed by atoms with Crippen LogP contribution in [0.15, 0.2) is 0 Å². The topological polar surface area (TPSA) is 93.0 Å². The van der Waals surface area contributed by atoms with Gasteiger partial charge in [0, 0.05) is 6.54 Å². The van der Waals surface area contributed by atoms with Gasteiger partial charge in [-0.15, -0.1) is 0 Å². The lowest BCUT2D eigenvalue weighted by Gasteiger charge is -2.27. The molecule has 5 atom stereocenters. The quantitative estimate of drug-likeness (QED) is 0.331. The van der Waals surface area contributed by atoms with E-state index < -0.39 is 43.2 Å². The molecule has 1 saturated heterocycles. The zero-order chi connectivity index (χ0) is 11.8. The maximum atomic E-state index is 12.3. The molecule has 8 heteroatoms. The van der Waals surface area contributed by atoms with Crippen molar-refractivity contribution in [3.05, 3.63) is 0 Å². The van der Waals surface area contributed by atoms with E-state index in [2.05, 4.69) is 0 Å². The molecule has 0 aromatic carbocycles. The number of aliphatic hydroxyl groups excluding tert-OH is 4. The van der Waals surface area contributed by atoms with Crippen molar-refractivity contribution < 1.29 is 33.6 Å². The lowest BCUT2D eigenvalue weighted by atomic mass is 10.0. The SMILES string of the molecule is O[C@H]1[C@H](O)[C@H](O)CN[C@H](C(F)(F)F)[C@H]1O. The summed E-state index contributed by atoms with van der Waals surface area (Å²) in [4.78, 5) is 0. The predicted molar refractivity (Wildman–Crippen MR) is 41.9 cm³/mol. The number of aliphatic hydroxyl groups is 4. The van der Waals surface area contributed by atoms with E-state index >= 15 is 0 Å². The second-order valence-electron chi connectivity index (χ2n) is 3.47. The number of hydrogen-bond donors (Lipinski definition) is 5. The predicted octanol–water partition coefficient (Wildman–Crippen LogP) is -2.04. The normalized spacial score (nSPS) is 43.8. The number of halogens is 3. The average Bonchev–Trinajstić information content (AvgIpc) is 2.19. The molecule has 1 aliphatic rings. The van der Waals surface area contributed by atoms with Crippen molar-refractivity contribution in [2.24, 2.45) is 0 Å². The Hall–Kier alpha value is -0.410. The van der Waals surface area contributed by atoms with Crippen molar-refractivity contribution in [2.75, 3.05) is 6.54 Å². The molecule has 1 heterocycles. The van der Waals surface area contributed by atoms with Crippen LogP contribution in [0, 0.1) is 0 Å². The van der Waals surface area contributed by atoms with Gasteiger partial charge in [0.15, 0.2) is 0 Å². The van der Waals surface area contributed by atoms with Crippen molar-refractivity contribution in [1.29, 1.82) is 0 Å². The molecular weight excluding hydrogens is 219 g/mol. The maximum absolute atomic E-state index is 12.3. The lowest BCUT2D eigenvalue weighted by Crippen LogP contribution is -2.54. The van der Waals surface area contributed by atoms with Crippen LogP contribution < -0.4 is 5.32 Å². The first-order valence-corrected chi connectivity index (χ1v) is 4.27. The molecule has 90 valence electrons. The third kappa shape index (κ3) is 2.58. The molecule has 15 heavy (non-hydrogen) atoms. The van der Waals surface area contributed by atoms with E-state index in [1.54, 1.807) is 0 Å². The highest BCUT2D eigenvalue weighted by molar-refractivity contribution is 4.96. The van der Waals surface area contributed by atoms with E-state index in [0.29, 0.717) is 0 Å². The van der Waals surface area contributed by atoms with Crippen LogP contribution in [0.25, 0.3) is 0 Å². The molecule has 1 fully saturated rings. The molecule has 0 aromatic heterocycles. The Kier molecular flexibility index (Phi) is 3.56. The van der Waals surface area contributed by atoms with Gasteiger partial charge in [-0.3, -0.25) is 0 Å². The van der Waals surface area contributed by atoms with Crippen LogP contribution in [0.2, 0.25) is 0 Å². The monoisotopic (exact) mass is 231 g/mol. The first-order valence-electron chi connectivity index (χ1n) is 4.27. The third-order valence-electron chi connectivity index (χ3n) is 2.34. The fourth-order valence-electron chi connectivity index (χ4n) is 1.43. The van der Waals surface area contributed by atoms with Gasteiger partial charge in [0.2, 0.25) is 0 Å². The van der Waals surface area contributed by atoms with E-state index in [1.165, 1.54) is 0 Å². The number of rotatable bonds is 0. The van der Waals surface area contributed by atoms with Gasteiger partial charge in [-0.25, -0.2) is 0 Å². The first kappa shape index (κ1) is 12.7. The van der Waals surface area contributed by atoms with Gasteiger partial charge in [-0.1, -0.05) is 0 Å². The molecule has 0 saturated carbocycles. The number of nitrogens with one attached hydrogen (secondary N) is 1. The largest absolute Gasteiger partial charge is 0.406 e. The summed E-state index contributed by atoms with van der Waals surface area (Å²) < 4.78 is 36.9. The molecule has 1 rings (SSSR count). The van der Waals surface area contributed by atoms with Crippen LogP contribution in [0.5, 0.6) is 0 Å². The highest BCUT2D eigenvalue weighted by Crippen LogP contribution is 2.26. The van der Waals surface area contributed by atoms with E-state index in [-0.39, 0.29) is 0 Å². The molecule has 0 unspecified atom stereocenters. The van der Waals surface area contributed by atoms with Crippen LogP contribution in [0.1, 0.15) is 0 Å². The number of hydrogen-bond acceptors (Lipinski definition) is 5. The van der Waals surface area contributed by atoms with Crippen LogP contribution in [-0.4, -0.2) is 63.6 Å². The molecule has 0 radical (unpaired) electrons. The highest BCUT2D eigenvalue weighted by atomic mass is 19.4. The van der Waals surface area contributed by atoms with Crippen molar-refractivity contribution in [3.8, 4) is 0 Å². The summed E-state index contributed by atoms with van der Waals surface area (Å²) in [6.45, 7) is -0.556. The molecule has 5 N–H and O–H groups in total. The molecule has 5 nitrogen and oxygen atoms in total. The summed E-state index contributed by atoms with van der Waals surface area (Å²) in [5.41, 5.74) is 0. The summed E-state index contributed by atoms with van der Waals surface area (Å²) in [6, 6.07) is -2.36. The van der Waals surface area contributed by atoms with Crippen LogP contribution >= 0.6 is 0 Å². The standard InChI is InChI=1S/C7H12F3NO4/c8-7(9,10)6-5(15)4(14)3(13)2(12)1-11-6/h2-6,11-15H,1H2/t2-,3-,4+,5+,6+/m1/s1. The van der Waals surface area contributed by atoms with Crippen molar-refractivity contribution in [3.63, 3.8) is 0 Å². The number of β-amino-alcohol motifs (C(OH)–C–C–N with tert-alkyl or cyclic N) is 1. The van der Waals surface area contributed by atoms with E-state index in [0.717, 1.165) is 0 Å². The van der Waals surface area contributed by atoms with Gasteiger partial charge >= 0.3 is 6.18 Å². The third-order valence-corrected chi connectivity index (χ3v) is 2.34. The summed E-state index contributed by atoms with van der Waals surface area (Å²) in [5.74, 6) is 0. The van der Waals surface area contributed by atoms with Crippen molar-refractivity contribution in [2.45, 2.75) is 36.6 Å². The summed E-state index contributed by atoms with van der Waals surface area (Å²) in [7, 11) is 0. The fourth-order valence-corrected chi connectivity index (χ4v) is 1.43. The molecular formula is C7H12F3NO4. The van der Waals surface area contributed by atoms with Gasteiger partial charge < -0.3 is 25.7 Å². The minimum atomic E-state index is -4.76. The Balaban J connectivity index is 2.85. The van der Waals surface area contributed by atoms with Gasteiger partial charge in [0.05, 0.1) is 6.10 Å². The molecule has 0 aliphatic carbocycles. The van der Waals surface area contributed by atoms with Crippen LogP contribution in [-0.2, 0) is 0 Å². The Morgan fingerprint density at radius 1 is 0.933 bits per heavy atom. The zero-order valence-electron chi connectivity index (χ0n) is 7.52. The average molecular weight is 231 g/mol. The fraction of sp³-hybridized carbons (Fsp3) is 1.00. The van der Waals surface area contributed by atoms with Gasteiger partial charge in [-0.2, -0.15) is 13.2 Å². The molecule has 1 aliphatic heterocycles. The Bertz CT molecular complexity index is 225. The maximum Gasteiger partial charge on any atom is 0.406 e. The highest BCUT2D eigenvalue weighted by Gasteiger charge is 2.50. The minimum Gasteiger partial charge on any atom is -0.389 e. The van der Waals surface area contributed by atoms with E-state index in [9.17, 15) is 13.2 Å². The Labute approximate surface area is 83.1 Å². The minimum absolute atomic E-state index is 0.556. The van der Waals surface area contributed by atoms with Gasteiger partial charge in [0.1, 0.15) is 24.4 Å². The smallest absolute Gasteiger partial charge is 0.389 e. The van der Waals surface area contributed by atoms with Crippen molar-refractivity contribution >= 4 is 0 Å². The van der Waals surface area contributed by atoms with Crippen LogP contribution in [0.4, 0.5) is 13.2 Å². The molecule has 0 spiro atoms. The Morgan fingerprint density at radius 3 is 1.93 bits per heavy atom. The number of alkyl halides is 3. The lowest BCUT2D eigenvalue weighted by molar-refractivity contribution is -0.193. The second kappa shape index (κ2) is 4.22. The van der Waals surface area contributed by atoms with Gasteiger partial charge in [-0.05, 0) is 0 Å². The second-order valence-corrected chi connectivity index (χ2v) is 3.47. The first-order chi connectivity index (χ1) is 6.75. The summed E-state index contributed by atoms with van der Waals surface area (Å²) in [6.07, 6.45) is -12.4. The molecule has 0 aromatic rings. The molecule has 0 bridgehead atoms. The summed E-state index contributed by atoms with van der Waals surface area (Å²) in [5, 5.41) is 38.3. The van der Waals surface area contributed by atoms with Gasteiger partial charge in [0.25, 0.3) is 0 Å². The van der Waals surface area contributed by atoms with Crippen molar-refractivity contribution in [1.82, 2.24) is 5.32 Å². The summed E-state index contributed by atoms with van der Waals surface area (Å²) >= 11 is 0. The van der Waals surface area contributed by atoms with Crippen LogP contribution in [0.3, 0.4) is 0 Å². The zero-order valence-corrected chi connectivity index (χ0v) is 7.52. The van der Waals surface area contributed by atoms with E-state index in [1.807, 2.05) is 5.32 Å². The molecule has 0 amide bonds. The van der Waals surface area contributed by atoms with E-state index in [4.69, 9.17) is 20.4 Å².